The Morgan fingerprint density at radius 1 is 0.978 bits per heavy atom. The van der Waals surface area contributed by atoms with Crippen molar-refractivity contribution in [3.05, 3.63) is 117 Å². The Labute approximate surface area is 263 Å². The predicted octanol–water partition coefficient (Wildman–Crippen LogP) is 6.03. The summed E-state index contributed by atoms with van der Waals surface area (Å²) in [7, 11) is -4.41. The number of aromatic nitrogens is 2. The van der Waals surface area contributed by atoms with Gasteiger partial charge < -0.3 is 10.3 Å². The molecule has 11 nitrogen and oxygen atoms in total. The van der Waals surface area contributed by atoms with Crippen LogP contribution in [0.3, 0.4) is 0 Å². The SMILES string of the molecule is CCCCn1c(=O)[nH]c2cc(-c3ccc(C(=O)NS(=O)(=O)c4ccc(NCCSc5ccccc5)c([N+](=O)[O-])c4)cc3)ccc21. The number of nitro benzene ring substituents is 1. The number of H-pyrrole nitrogens is 1. The molecule has 0 unspecified atom stereocenters. The Kier molecular flexibility index (Phi) is 9.69. The molecule has 232 valence electrons. The van der Waals surface area contributed by atoms with E-state index in [0.717, 1.165) is 40.4 Å². The van der Waals surface area contributed by atoms with Crippen molar-refractivity contribution >= 4 is 50.1 Å². The van der Waals surface area contributed by atoms with Gasteiger partial charge >= 0.3 is 5.69 Å². The number of carbonyl (C=O) groups excluding carboxylic acids is 1. The zero-order valence-corrected chi connectivity index (χ0v) is 26.0. The molecule has 1 amide bonds. The van der Waals surface area contributed by atoms with Crippen molar-refractivity contribution in [2.45, 2.75) is 36.1 Å². The third-order valence-corrected chi connectivity index (χ3v) is 9.46. The summed E-state index contributed by atoms with van der Waals surface area (Å²) < 4.78 is 29.7. The van der Waals surface area contributed by atoms with Gasteiger partial charge in [-0.15, -0.1) is 11.8 Å². The van der Waals surface area contributed by atoms with Crippen LogP contribution in [0.25, 0.3) is 22.2 Å². The number of amides is 1. The molecule has 0 aliphatic heterocycles. The Balaban J connectivity index is 1.25. The maximum atomic E-state index is 13.0. The van der Waals surface area contributed by atoms with Crippen LogP contribution in [0.15, 0.2) is 106 Å². The fraction of sp³-hybridized carbons (Fsp3) is 0.188. The third kappa shape index (κ3) is 7.44. The van der Waals surface area contributed by atoms with Crippen molar-refractivity contribution in [2.24, 2.45) is 0 Å². The second kappa shape index (κ2) is 13.8. The average Bonchev–Trinajstić information content (AvgIpc) is 3.36. The highest BCUT2D eigenvalue weighted by molar-refractivity contribution is 7.99. The number of rotatable bonds is 13. The molecule has 3 N–H and O–H groups in total. The molecule has 0 aliphatic carbocycles. The van der Waals surface area contributed by atoms with Crippen LogP contribution in [-0.2, 0) is 16.6 Å². The lowest BCUT2D eigenvalue weighted by Crippen LogP contribution is -2.30. The minimum absolute atomic E-state index is 0.0891. The molecule has 0 radical (unpaired) electrons. The van der Waals surface area contributed by atoms with E-state index in [1.165, 1.54) is 24.3 Å². The van der Waals surface area contributed by atoms with Crippen molar-refractivity contribution in [3.63, 3.8) is 0 Å². The van der Waals surface area contributed by atoms with Crippen LogP contribution in [0.1, 0.15) is 30.1 Å². The summed E-state index contributed by atoms with van der Waals surface area (Å²) >= 11 is 1.58. The molecule has 5 aromatic rings. The first-order valence-electron chi connectivity index (χ1n) is 14.3. The third-order valence-electron chi connectivity index (χ3n) is 7.12. The largest absolute Gasteiger partial charge is 0.379 e. The fourth-order valence-corrected chi connectivity index (χ4v) is 6.57. The lowest BCUT2D eigenvalue weighted by molar-refractivity contribution is -0.384. The number of sulfonamides is 1. The van der Waals surface area contributed by atoms with Gasteiger partial charge in [-0.3, -0.25) is 19.5 Å². The minimum atomic E-state index is -4.41. The molecule has 1 aromatic heterocycles. The van der Waals surface area contributed by atoms with Gasteiger partial charge in [-0.2, -0.15) is 0 Å². The Morgan fingerprint density at radius 3 is 2.42 bits per heavy atom. The number of fused-ring (bicyclic) bond motifs is 1. The number of carbonyl (C=O) groups is 1. The van der Waals surface area contributed by atoms with E-state index >= 15 is 0 Å². The van der Waals surface area contributed by atoms with Crippen molar-refractivity contribution < 1.29 is 18.1 Å². The number of anilines is 1. The number of hydrogen-bond donors (Lipinski definition) is 3. The zero-order valence-electron chi connectivity index (χ0n) is 24.4. The smallest absolute Gasteiger partial charge is 0.326 e. The summed E-state index contributed by atoms with van der Waals surface area (Å²) in [5.41, 5.74) is 2.76. The van der Waals surface area contributed by atoms with Crippen molar-refractivity contribution in [1.82, 2.24) is 14.3 Å². The lowest BCUT2D eigenvalue weighted by atomic mass is 10.0. The van der Waals surface area contributed by atoms with Crippen molar-refractivity contribution in [1.29, 1.82) is 0 Å². The van der Waals surface area contributed by atoms with Gasteiger partial charge in [0.15, 0.2) is 0 Å². The standard InChI is InChI=1S/C32H31N5O6S2/c1-2-3-18-36-29-16-13-24(20-28(29)34-32(36)39)22-9-11-23(12-10-22)31(38)35-45(42,43)26-14-15-27(30(21-26)37(40)41)33-17-19-44-25-7-5-4-6-8-25/h4-16,20-21,33H,2-3,17-19H2,1H3,(H,34,39)(H,35,38). The first-order valence-corrected chi connectivity index (χ1v) is 16.7. The Morgan fingerprint density at radius 2 is 1.71 bits per heavy atom. The highest BCUT2D eigenvalue weighted by Crippen LogP contribution is 2.29. The molecule has 0 aliphatic rings. The number of benzene rings is 4. The van der Waals surface area contributed by atoms with Crippen molar-refractivity contribution in [2.75, 3.05) is 17.6 Å². The number of hydrogen-bond acceptors (Lipinski definition) is 8. The molecule has 0 spiro atoms. The summed E-state index contributed by atoms with van der Waals surface area (Å²) in [6.07, 6.45) is 1.86. The number of unbranched alkanes of at least 4 members (excludes halogenated alkanes) is 1. The van der Waals surface area contributed by atoms with E-state index < -0.39 is 31.4 Å². The number of nitrogens with zero attached hydrogens (tertiary/aromatic N) is 2. The fourth-order valence-electron chi connectivity index (χ4n) is 4.79. The van der Waals surface area contributed by atoms with Gasteiger partial charge in [0.05, 0.1) is 20.9 Å². The predicted molar refractivity (Wildman–Crippen MR) is 176 cm³/mol. The van der Waals surface area contributed by atoms with Gasteiger partial charge in [0.1, 0.15) is 5.69 Å². The maximum absolute atomic E-state index is 13.0. The summed E-state index contributed by atoms with van der Waals surface area (Å²) in [5.74, 6) is -0.242. The number of aromatic amines is 1. The van der Waals surface area contributed by atoms with Gasteiger partial charge in [-0.25, -0.2) is 17.9 Å². The van der Waals surface area contributed by atoms with E-state index in [2.05, 4.69) is 17.2 Å². The molecule has 0 saturated heterocycles. The topological polar surface area (TPSA) is 156 Å². The van der Waals surface area contributed by atoms with Crippen LogP contribution in [0, 0.1) is 10.1 Å². The average molecular weight is 646 g/mol. The van der Waals surface area contributed by atoms with Crippen LogP contribution in [0.2, 0.25) is 0 Å². The Hall–Kier alpha value is -4.88. The van der Waals surface area contributed by atoms with Gasteiger partial charge in [0.2, 0.25) is 0 Å². The summed E-state index contributed by atoms with van der Waals surface area (Å²) in [5, 5.41) is 14.7. The molecule has 1 heterocycles. The van der Waals surface area contributed by atoms with E-state index in [-0.39, 0.29) is 16.9 Å². The second-order valence-electron chi connectivity index (χ2n) is 10.2. The first-order chi connectivity index (χ1) is 21.7. The quantitative estimate of drug-likeness (QED) is 0.0607. The van der Waals surface area contributed by atoms with Crippen LogP contribution in [0.4, 0.5) is 11.4 Å². The van der Waals surface area contributed by atoms with Crippen LogP contribution >= 0.6 is 11.8 Å². The lowest BCUT2D eigenvalue weighted by Gasteiger charge is -2.11. The molecule has 5 rings (SSSR count). The van der Waals surface area contributed by atoms with Gasteiger partial charge in [-0.05, 0) is 66.1 Å². The Bertz CT molecular complexity index is 2010. The maximum Gasteiger partial charge on any atom is 0.326 e. The van der Waals surface area contributed by atoms with E-state index in [1.807, 2.05) is 53.3 Å². The van der Waals surface area contributed by atoms with Gasteiger partial charge in [-0.1, -0.05) is 49.7 Å². The van der Waals surface area contributed by atoms with Crippen LogP contribution < -0.4 is 15.7 Å². The van der Waals surface area contributed by atoms with Crippen LogP contribution in [0.5, 0.6) is 0 Å². The molecule has 0 saturated carbocycles. The number of nitro groups is 1. The summed E-state index contributed by atoms with van der Waals surface area (Å²) in [6.45, 7) is 3.11. The molecule has 0 fully saturated rings. The van der Waals surface area contributed by atoms with E-state index in [1.54, 1.807) is 28.5 Å². The summed E-state index contributed by atoms with van der Waals surface area (Å²) in [4.78, 5) is 39.9. The molecule has 4 aromatic carbocycles. The minimum Gasteiger partial charge on any atom is -0.379 e. The molecular weight excluding hydrogens is 615 g/mol. The van der Waals surface area contributed by atoms with Gasteiger partial charge in [0.25, 0.3) is 21.6 Å². The molecule has 0 atom stereocenters. The normalized spacial score (nSPS) is 11.4. The highest BCUT2D eigenvalue weighted by atomic mass is 32.2. The number of aryl methyl sites for hydroxylation is 1. The van der Waals surface area contributed by atoms with Crippen LogP contribution in [-0.4, -0.2) is 41.1 Å². The van der Waals surface area contributed by atoms with E-state index in [4.69, 9.17) is 0 Å². The summed E-state index contributed by atoms with van der Waals surface area (Å²) in [6, 6.07) is 25.1. The molecule has 0 bridgehead atoms. The second-order valence-corrected chi connectivity index (χ2v) is 13.1. The first kappa shape index (κ1) is 31.5. The van der Waals surface area contributed by atoms with E-state index in [9.17, 15) is 28.1 Å². The molecule has 45 heavy (non-hydrogen) atoms. The zero-order chi connectivity index (χ0) is 32.0. The molecule has 13 heteroatoms. The number of nitrogens with one attached hydrogen (secondary N) is 3. The van der Waals surface area contributed by atoms with Gasteiger partial charge in [0, 0.05) is 35.4 Å². The number of imidazole rings is 1. The van der Waals surface area contributed by atoms with Crippen molar-refractivity contribution in [3.8, 4) is 11.1 Å². The van der Waals surface area contributed by atoms with E-state index in [0.29, 0.717) is 24.4 Å². The number of thioether (sulfide) groups is 1. The monoisotopic (exact) mass is 645 g/mol. The molecular formula is C32H31N5O6S2. The highest BCUT2D eigenvalue weighted by Gasteiger charge is 2.24.